The molecule has 0 aromatic rings. The minimum absolute atomic E-state index is 0.0850. The van der Waals surface area contributed by atoms with E-state index in [2.05, 4.69) is 69.4 Å². The van der Waals surface area contributed by atoms with Gasteiger partial charge in [-0.05, 0) is 70.6 Å². The van der Waals surface area contributed by atoms with E-state index in [1.165, 1.54) is 173 Å². The molecule has 6 nitrogen and oxygen atoms in total. The van der Waals surface area contributed by atoms with Gasteiger partial charge in [0, 0.05) is 19.3 Å². The van der Waals surface area contributed by atoms with Crippen molar-refractivity contribution in [3.8, 4) is 0 Å². The number of hydrogen-bond acceptors (Lipinski definition) is 6. The Hall–Kier alpha value is -2.63. The first-order valence-corrected chi connectivity index (χ1v) is 29.1. The molecule has 0 fully saturated rings. The van der Waals surface area contributed by atoms with Crippen LogP contribution in [0.3, 0.4) is 0 Å². The highest BCUT2D eigenvalue weighted by atomic mass is 16.6. The van der Waals surface area contributed by atoms with E-state index in [0.29, 0.717) is 19.3 Å². The lowest BCUT2D eigenvalue weighted by atomic mass is 10.0. The highest BCUT2D eigenvalue weighted by Gasteiger charge is 2.19. The fraction of sp³-hybridized carbons (Fsp3) is 0.820. The van der Waals surface area contributed by atoms with E-state index in [1.807, 2.05) is 0 Å². The molecule has 6 heteroatoms. The highest BCUT2D eigenvalue weighted by Crippen LogP contribution is 2.17. The Morgan fingerprint density at radius 1 is 0.313 bits per heavy atom. The summed E-state index contributed by atoms with van der Waals surface area (Å²) in [6.45, 7) is 6.49. The number of rotatable bonds is 53. The predicted octanol–water partition coefficient (Wildman–Crippen LogP) is 19.4. The molecule has 0 aliphatic rings. The van der Waals surface area contributed by atoms with E-state index in [1.54, 1.807) is 0 Å². The van der Waals surface area contributed by atoms with Gasteiger partial charge in [-0.3, -0.25) is 14.4 Å². The number of ether oxygens (including phenoxy) is 3. The van der Waals surface area contributed by atoms with Crippen LogP contribution < -0.4 is 0 Å². The molecule has 0 spiro atoms. The fourth-order valence-electron chi connectivity index (χ4n) is 8.44. The molecule has 67 heavy (non-hydrogen) atoms. The average Bonchev–Trinajstić information content (AvgIpc) is 3.33. The smallest absolute Gasteiger partial charge is 0.306 e. The van der Waals surface area contributed by atoms with Crippen molar-refractivity contribution < 1.29 is 28.6 Å². The van der Waals surface area contributed by atoms with Gasteiger partial charge in [-0.25, -0.2) is 0 Å². The Balaban J connectivity index is 4.19. The van der Waals surface area contributed by atoms with Crippen molar-refractivity contribution in [2.75, 3.05) is 13.2 Å². The molecule has 0 amide bonds. The third-order valence-corrected chi connectivity index (χ3v) is 12.8. The number of carbonyl (C=O) groups excluding carboxylic acids is 3. The van der Waals surface area contributed by atoms with Gasteiger partial charge in [0.05, 0.1) is 0 Å². The van der Waals surface area contributed by atoms with Crippen molar-refractivity contribution in [2.45, 2.75) is 309 Å². The molecule has 390 valence electrons. The second-order valence-corrected chi connectivity index (χ2v) is 19.5. The SMILES string of the molecule is CC/C=C\C/C=C\C/C=C\CCCCCC(=O)OC(COC(=O)CCCCCCC/C=C\CCCC)COC(=O)CCCCCCCCCCCCCCCCCCCCCCCCCCC. The Labute approximate surface area is 416 Å². The minimum atomic E-state index is -0.789. The number of allylic oxidation sites excluding steroid dienone is 8. The molecule has 1 atom stereocenters. The number of carbonyl (C=O) groups is 3. The normalized spacial score (nSPS) is 12.3. The highest BCUT2D eigenvalue weighted by molar-refractivity contribution is 5.71. The predicted molar refractivity (Wildman–Crippen MR) is 289 cm³/mol. The van der Waals surface area contributed by atoms with Crippen LogP contribution in [-0.4, -0.2) is 37.2 Å². The molecule has 0 saturated carbocycles. The van der Waals surface area contributed by atoms with Gasteiger partial charge in [-0.1, -0.05) is 262 Å². The van der Waals surface area contributed by atoms with Gasteiger partial charge in [-0.15, -0.1) is 0 Å². The van der Waals surface area contributed by atoms with Crippen molar-refractivity contribution in [3.63, 3.8) is 0 Å². The van der Waals surface area contributed by atoms with Crippen LogP contribution in [0.25, 0.3) is 0 Å². The molecule has 0 radical (unpaired) electrons. The van der Waals surface area contributed by atoms with Crippen LogP contribution in [0.2, 0.25) is 0 Å². The first-order chi connectivity index (χ1) is 33.0. The van der Waals surface area contributed by atoms with Crippen LogP contribution in [0.1, 0.15) is 303 Å². The summed E-state index contributed by atoms with van der Waals surface area (Å²) < 4.78 is 16.8. The summed E-state index contributed by atoms with van der Waals surface area (Å²) in [5.74, 6) is -0.913. The maximum absolute atomic E-state index is 12.8. The molecule has 0 aliphatic heterocycles. The lowest BCUT2D eigenvalue weighted by Gasteiger charge is -2.18. The van der Waals surface area contributed by atoms with E-state index in [-0.39, 0.29) is 31.1 Å². The number of unbranched alkanes of at least 4 members (excludes halogenated alkanes) is 34. The van der Waals surface area contributed by atoms with Gasteiger partial charge in [0.25, 0.3) is 0 Å². The van der Waals surface area contributed by atoms with Gasteiger partial charge < -0.3 is 14.2 Å². The molecule has 0 rings (SSSR count). The minimum Gasteiger partial charge on any atom is -0.462 e. The molecule has 0 bridgehead atoms. The molecule has 0 saturated heterocycles. The van der Waals surface area contributed by atoms with Gasteiger partial charge in [0.1, 0.15) is 13.2 Å². The summed E-state index contributed by atoms with van der Waals surface area (Å²) in [5, 5.41) is 0. The van der Waals surface area contributed by atoms with Gasteiger partial charge >= 0.3 is 17.9 Å². The fourth-order valence-corrected chi connectivity index (χ4v) is 8.44. The number of hydrogen-bond donors (Lipinski definition) is 0. The molecule has 0 aliphatic carbocycles. The van der Waals surface area contributed by atoms with Gasteiger partial charge in [0.2, 0.25) is 0 Å². The molecular weight excluding hydrogens is 829 g/mol. The van der Waals surface area contributed by atoms with Crippen molar-refractivity contribution in [1.82, 2.24) is 0 Å². The van der Waals surface area contributed by atoms with E-state index in [9.17, 15) is 14.4 Å². The van der Waals surface area contributed by atoms with E-state index < -0.39 is 6.10 Å². The molecule has 0 N–H and O–H groups in total. The zero-order valence-electron chi connectivity index (χ0n) is 44.7. The van der Waals surface area contributed by atoms with Crippen molar-refractivity contribution in [2.24, 2.45) is 0 Å². The third kappa shape index (κ3) is 54.2. The second-order valence-electron chi connectivity index (χ2n) is 19.5. The van der Waals surface area contributed by atoms with Gasteiger partial charge in [-0.2, -0.15) is 0 Å². The summed E-state index contributed by atoms with van der Waals surface area (Å²) >= 11 is 0. The molecule has 0 aromatic carbocycles. The van der Waals surface area contributed by atoms with Crippen LogP contribution in [0.15, 0.2) is 48.6 Å². The maximum atomic E-state index is 12.8. The standard InChI is InChI=1S/C61H110O6/c1-4-7-10-13-16-19-22-24-25-26-27-28-29-30-31-32-33-34-35-37-39-42-45-48-51-54-60(63)66-57-58(56-65-59(62)53-50-47-44-41-38-21-18-15-12-9-6-3)67-61(64)55-52-49-46-43-40-36-23-20-17-14-11-8-5-2/h8,11,15,17-18,20,36,40,58H,4-7,9-10,12-14,16,19,21-35,37-39,41-57H2,1-3H3/b11-8-,18-15-,20-17-,40-36-. The summed E-state index contributed by atoms with van der Waals surface area (Å²) in [7, 11) is 0. The van der Waals surface area contributed by atoms with Gasteiger partial charge in [0.15, 0.2) is 6.10 Å². The first kappa shape index (κ1) is 64.4. The maximum Gasteiger partial charge on any atom is 0.306 e. The molecule has 1 unspecified atom stereocenters. The Morgan fingerprint density at radius 3 is 0.985 bits per heavy atom. The van der Waals surface area contributed by atoms with Crippen molar-refractivity contribution >= 4 is 17.9 Å². The second kappa shape index (κ2) is 56.0. The van der Waals surface area contributed by atoms with Crippen LogP contribution in [0.5, 0.6) is 0 Å². The van der Waals surface area contributed by atoms with Crippen molar-refractivity contribution in [3.05, 3.63) is 48.6 Å². The van der Waals surface area contributed by atoms with E-state index in [0.717, 1.165) is 89.9 Å². The quantitative estimate of drug-likeness (QED) is 0.0262. The first-order valence-electron chi connectivity index (χ1n) is 29.1. The summed E-state index contributed by atoms with van der Waals surface area (Å²) in [4.78, 5) is 38.0. The number of esters is 3. The monoisotopic (exact) mass is 939 g/mol. The summed E-state index contributed by atoms with van der Waals surface area (Å²) in [6, 6.07) is 0. The van der Waals surface area contributed by atoms with E-state index in [4.69, 9.17) is 14.2 Å². The zero-order chi connectivity index (χ0) is 48.6. The van der Waals surface area contributed by atoms with Crippen LogP contribution in [0.4, 0.5) is 0 Å². The van der Waals surface area contributed by atoms with Crippen molar-refractivity contribution in [1.29, 1.82) is 0 Å². The molecule has 0 heterocycles. The summed E-state index contributed by atoms with van der Waals surface area (Å²) in [5.41, 5.74) is 0. The lowest BCUT2D eigenvalue weighted by molar-refractivity contribution is -0.167. The summed E-state index contributed by atoms with van der Waals surface area (Å²) in [6.07, 6.45) is 68.4. The molecule has 0 aromatic heterocycles. The average molecular weight is 940 g/mol. The zero-order valence-corrected chi connectivity index (χ0v) is 44.7. The lowest BCUT2D eigenvalue weighted by Crippen LogP contribution is -2.30. The molecular formula is C61H110O6. The van der Waals surface area contributed by atoms with Crippen LogP contribution >= 0.6 is 0 Å². The topological polar surface area (TPSA) is 78.9 Å². The Kier molecular flexibility index (Phi) is 53.8. The largest absolute Gasteiger partial charge is 0.462 e. The van der Waals surface area contributed by atoms with E-state index >= 15 is 0 Å². The Morgan fingerprint density at radius 2 is 0.597 bits per heavy atom. The third-order valence-electron chi connectivity index (χ3n) is 12.8. The van der Waals surface area contributed by atoms with Crippen LogP contribution in [-0.2, 0) is 28.6 Å². The Bertz CT molecular complexity index is 1170. The van der Waals surface area contributed by atoms with Crippen LogP contribution in [0, 0.1) is 0 Å².